The summed E-state index contributed by atoms with van der Waals surface area (Å²) in [6.45, 7) is 7.78. The summed E-state index contributed by atoms with van der Waals surface area (Å²) in [5.74, 6) is 0.711. The van der Waals surface area contributed by atoms with Gasteiger partial charge in [-0.2, -0.15) is 0 Å². The average molecular weight is 278 g/mol. The Bertz CT molecular complexity index is 447. The highest BCUT2D eigenvalue weighted by molar-refractivity contribution is 5.43. The molecule has 0 atom stereocenters. The Morgan fingerprint density at radius 1 is 1.50 bits per heavy atom. The average Bonchev–Trinajstić information content (AvgIpc) is 2.44. The van der Waals surface area contributed by atoms with Crippen molar-refractivity contribution in [1.82, 2.24) is 5.32 Å². The molecule has 0 radical (unpaired) electrons. The van der Waals surface area contributed by atoms with E-state index >= 15 is 0 Å². The Morgan fingerprint density at radius 2 is 2.30 bits per heavy atom. The standard InChI is InChI=1S/C15H22N2O3/c1-3-5-6-10-20-15-8-7-14(17(18)19)11-13(15)12-16-9-4-2/h3,7-8,11,16H,1,4-6,9-10,12H2,2H3. The van der Waals surface area contributed by atoms with E-state index in [1.807, 2.05) is 6.08 Å². The molecule has 0 saturated heterocycles. The molecule has 1 N–H and O–H groups in total. The Labute approximate surface area is 119 Å². The van der Waals surface area contributed by atoms with Crippen molar-refractivity contribution < 1.29 is 9.66 Å². The van der Waals surface area contributed by atoms with Crippen LogP contribution in [0.5, 0.6) is 5.75 Å². The van der Waals surface area contributed by atoms with E-state index in [0.717, 1.165) is 31.4 Å². The van der Waals surface area contributed by atoms with E-state index in [9.17, 15) is 10.1 Å². The summed E-state index contributed by atoms with van der Waals surface area (Å²) in [5.41, 5.74) is 0.919. The van der Waals surface area contributed by atoms with E-state index in [1.165, 1.54) is 6.07 Å². The number of nitrogens with zero attached hydrogens (tertiary/aromatic N) is 1. The van der Waals surface area contributed by atoms with Gasteiger partial charge in [-0.15, -0.1) is 6.58 Å². The highest BCUT2D eigenvalue weighted by Gasteiger charge is 2.11. The van der Waals surface area contributed by atoms with Gasteiger partial charge >= 0.3 is 0 Å². The molecule has 5 heteroatoms. The van der Waals surface area contributed by atoms with Gasteiger partial charge < -0.3 is 10.1 Å². The summed E-state index contributed by atoms with van der Waals surface area (Å²) in [6.07, 6.45) is 4.66. The number of non-ortho nitro benzene ring substituents is 1. The molecular formula is C15H22N2O3. The Balaban J connectivity index is 2.73. The fraction of sp³-hybridized carbons (Fsp3) is 0.467. The van der Waals surface area contributed by atoms with Crippen LogP contribution in [0.2, 0.25) is 0 Å². The number of nitro groups is 1. The topological polar surface area (TPSA) is 64.4 Å². The molecule has 0 bridgehead atoms. The van der Waals surface area contributed by atoms with E-state index < -0.39 is 0 Å². The summed E-state index contributed by atoms with van der Waals surface area (Å²) >= 11 is 0. The van der Waals surface area contributed by atoms with Crippen molar-refractivity contribution in [3.05, 3.63) is 46.5 Å². The van der Waals surface area contributed by atoms with E-state index in [-0.39, 0.29) is 10.6 Å². The molecule has 20 heavy (non-hydrogen) atoms. The van der Waals surface area contributed by atoms with Gasteiger partial charge in [-0.3, -0.25) is 10.1 Å². The molecule has 0 spiro atoms. The van der Waals surface area contributed by atoms with Crippen LogP contribution >= 0.6 is 0 Å². The molecule has 1 aromatic carbocycles. The predicted octanol–water partition coefficient (Wildman–Crippen LogP) is 3.44. The molecule has 0 aliphatic carbocycles. The monoisotopic (exact) mass is 278 g/mol. The van der Waals surface area contributed by atoms with Gasteiger partial charge in [-0.05, 0) is 31.9 Å². The number of ether oxygens (including phenoxy) is 1. The van der Waals surface area contributed by atoms with Gasteiger partial charge in [-0.1, -0.05) is 13.0 Å². The molecule has 1 rings (SSSR count). The van der Waals surface area contributed by atoms with Crippen molar-refractivity contribution in [3.8, 4) is 5.75 Å². The van der Waals surface area contributed by atoms with Crippen molar-refractivity contribution in [1.29, 1.82) is 0 Å². The van der Waals surface area contributed by atoms with Gasteiger partial charge in [0.05, 0.1) is 11.5 Å². The third-order valence-electron chi connectivity index (χ3n) is 2.81. The molecule has 0 aromatic heterocycles. The third-order valence-corrected chi connectivity index (χ3v) is 2.81. The van der Waals surface area contributed by atoms with Crippen LogP contribution in [0.3, 0.4) is 0 Å². The quantitative estimate of drug-likeness (QED) is 0.308. The SMILES string of the molecule is C=CCCCOc1ccc([N+](=O)[O-])cc1CNCCC. The maximum absolute atomic E-state index is 10.8. The largest absolute Gasteiger partial charge is 0.493 e. The Kier molecular flexibility index (Phi) is 7.35. The second-order valence-electron chi connectivity index (χ2n) is 4.51. The molecule has 0 saturated carbocycles. The van der Waals surface area contributed by atoms with Gasteiger partial charge in [0.2, 0.25) is 0 Å². The fourth-order valence-electron chi connectivity index (χ4n) is 1.77. The molecule has 0 aliphatic rings. The van der Waals surface area contributed by atoms with Crippen molar-refractivity contribution in [2.75, 3.05) is 13.2 Å². The highest BCUT2D eigenvalue weighted by Crippen LogP contribution is 2.24. The molecule has 1 aromatic rings. The lowest BCUT2D eigenvalue weighted by Gasteiger charge is -2.11. The van der Waals surface area contributed by atoms with Gasteiger partial charge in [0.15, 0.2) is 0 Å². The summed E-state index contributed by atoms with van der Waals surface area (Å²) in [7, 11) is 0. The van der Waals surface area contributed by atoms with Crippen molar-refractivity contribution in [2.24, 2.45) is 0 Å². The lowest BCUT2D eigenvalue weighted by Crippen LogP contribution is -2.15. The minimum absolute atomic E-state index is 0.0942. The fourth-order valence-corrected chi connectivity index (χ4v) is 1.77. The number of nitrogens with one attached hydrogen (secondary N) is 1. The van der Waals surface area contributed by atoms with Crippen molar-refractivity contribution in [2.45, 2.75) is 32.7 Å². The van der Waals surface area contributed by atoms with E-state index in [0.29, 0.717) is 18.9 Å². The Morgan fingerprint density at radius 3 is 2.95 bits per heavy atom. The van der Waals surface area contributed by atoms with Crippen molar-refractivity contribution >= 4 is 5.69 Å². The van der Waals surface area contributed by atoms with Crippen LogP contribution in [0, 0.1) is 10.1 Å². The summed E-state index contributed by atoms with van der Waals surface area (Å²) in [5, 5.41) is 14.1. The lowest BCUT2D eigenvalue weighted by molar-refractivity contribution is -0.384. The number of nitro benzene ring substituents is 1. The molecule has 0 fully saturated rings. The van der Waals surface area contributed by atoms with E-state index in [4.69, 9.17) is 4.74 Å². The number of benzene rings is 1. The van der Waals surface area contributed by atoms with Crippen LogP contribution < -0.4 is 10.1 Å². The summed E-state index contributed by atoms with van der Waals surface area (Å²) in [4.78, 5) is 10.4. The molecule has 0 amide bonds. The van der Waals surface area contributed by atoms with Crippen LogP contribution in [0.15, 0.2) is 30.9 Å². The normalized spacial score (nSPS) is 10.2. The van der Waals surface area contributed by atoms with Gasteiger partial charge in [-0.25, -0.2) is 0 Å². The lowest BCUT2D eigenvalue weighted by atomic mass is 10.1. The van der Waals surface area contributed by atoms with E-state index in [2.05, 4.69) is 18.8 Å². The highest BCUT2D eigenvalue weighted by atomic mass is 16.6. The molecule has 0 unspecified atom stereocenters. The molecular weight excluding hydrogens is 256 g/mol. The number of hydrogen-bond acceptors (Lipinski definition) is 4. The number of unbranched alkanes of at least 4 members (excludes halogenated alkanes) is 1. The molecule has 0 aliphatic heterocycles. The van der Waals surface area contributed by atoms with Crippen LogP contribution in [-0.2, 0) is 6.54 Å². The van der Waals surface area contributed by atoms with Crippen LogP contribution in [-0.4, -0.2) is 18.1 Å². The maximum Gasteiger partial charge on any atom is 0.270 e. The zero-order chi connectivity index (χ0) is 14.8. The third kappa shape index (κ3) is 5.40. The zero-order valence-corrected chi connectivity index (χ0v) is 11.9. The summed E-state index contributed by atoms with van der Waals surface area (Å²) in [6, 6.07) is 4.73. The van der Waals surface area contributed by atoms with Gasteiger partial charge in [0.25, 0.3) is 5.69 Å². The molecule has 110 valence electrons. The second kappa shape index (κ2) is 9.09. The first-order valence-corrected chi connectivity index (χ1v) is 6.90. The van der Waals surface area contributed by atoms with E-state index in [1.54, 1.807) is 12.1 Å². The zero-order valence-electron chi connectivity index (χ0n) is 11.9. The molecule has 0 heterocycles. The number of hydrogen-bond donors (Lipinski definition) is 1. The smallest absolute Gasteiger partial charge is 0.270 e. The second-order valence-corrected chi connectivity index (χ2v) is 4.51. The predicted molar refractivity (Wildman–Crippen MR) is 80.0 cm³/mol. The van der Waals surface area contributed by atoms with Gasteiger partial charge in [0.1, 0.15) is 5.75 Å². The summed E-state index contributed by atoms with van der Waals surface area (Å²) < 4.78 is 5.69. The minimum atomic E-state index is -0.384. The van der Waals surface area contributed by atoms with Crippen LogP contribution in [0.4, 0.5) is 5.69 Å². The number of allylic oxidation sites excluding steroid dienone is 1. The van der Waals surface area contributed by atoms with Crippen LogP contribution in [0.1, 0.15) is 31.7 Å². The first kappa shape index (κ1) is 16.2. The molecule has 5 nitrogen and oxygen atoms in total. The van der Waals surface area contributed by atoms with Crippen molar-refractivity contribution in [3.63, 3.8) is 0 Å². The van der Waals surface area contributed by atoms with Crippen LogP contribution in [0.25, 0.3) is 0 Å². The van der Waals surface area contributed by atoms with Gasteiger partial charge in [0, 0.05) is 24.2 Å². The minimum Gasteiger partial charge on any atom is -0.493 e. The first-order valence-electron chi connectivity index (χ1n) is 6.90. The maximum atomic E-state index is 10.8. The Hall–Kier alpha value is -1.88. The first-order chi connectivity index (χ1) is 9.69. The number of rotatable bonds is 10.